The molecule has 0 aliphatic heterocycles. The summed E-state index contributed by atoms with van der Waals surface area (Å²) in [6.07, 6.45) is 1.52. The van der Waals surface area contributed by atoms with Crippen LogP contribution in [0, 0.1) is 0 Å². The average Bonchev–Trinajstić information content (AvgIpc) is 2.44. The minimum absolute atomic E-state index is 0.289. The highest BCUT2D eigenvalue weighted by Crippen LogP contribution is 2.29. The quantitative estimate of drug-likeness (QED) is 0.721. The normalized spacial score (nSPS) is 13.4. The fourth-order valence-corrected chi connectivity index (χ4v) is 1.62. The predicted molar refractivity (Wildman–Crippen MR) is 69.4 cm³/mol. The number of rotatable bonds is 8. The lowest BCUT2D eigenvalue weighted by atomic mass is 10.1. The lowest BCUT2D eigenvalue weighted by Gasteiger charge is -2.19. The van der Waals surface area contributed by atoms with Gasteiger partial charge in [-0.05, 0) is 24.6 Å². The minimum atomic E-state index is -1.07. The topological polar surface area (TPSA) is 72.8 Å². The fraction of sp³-hybridized carbons (Fsp3) is 0.429. The van der Waals surface area contributed by atoms with E-state index in [9.17, 15) is 14.7 Å². The molecular formula is C14H17O5. The van der Waals surface area contributed by atoms with Crippen molar-refractivity contribution in [1.82, 2.24) is 0 Å². The first-order valence-corrected chi connectivity index (χ1v) is 6.01. The summed E-state index contributed by atoms with van der Waals surface area (Å²) < 4.78 is 10.5. The Morgan fingerprint density at radius 3 is 2.68 bits per heavy atom. The number of ether oxygens (including phenoxy) is 2. The minimum Gasteiger partial charge on any atom is -0.493 e. The van der Waals surface area contributed by atoms with Crippen LogP contribution in [0.3, 0.4) is 0 Å². The van der Waals surface area contributed by atoms with E-state index >= 15 is 0 Å². The SMILES string of the molecule is CCCC(O)C([C]=O)Oc1ccc(C=O)cc1OC. The summed E-state index contributed by atoms with van der Waals surface area (Å²) in [5.41, 5.74) is 0.435. The molecule has 1 aromatic carbocycles. The Labute approximate surface area is 112 Å². The third-order valence-electron chi connectivity index (χ3n) is 2.63. The van der Waals surface area contributed by atoms with E-state index < -0.39 is 12.2 Å². The number of hydrogen-bond acceptors (Lipinski definition) is 5. The van der Waals surface area contributed by atoms with Crippen LogP contribution < -0.4 is 9.47 Å². The second-order valence-electron chi connectivity index (χ2n) is 4.04. The van der Waals surface area contributed by atoms with Crippen molar-refractivity contribution in [2.45, 2.75) is 32.0 Å². The summed E-state index contributed by atoms with van der Waals surface area (Å²) in [7, 11) is 1.43. The summed E-state index contributed by atoms with van der Waals surface area (Å²) in [6, 6.07) is 4.56. The Hall–Kier alpha value is -1.88. The molecule has 0 heterocycles. The monoisotopic (exact) mass is 265 g/mol. The molecule has 0 aliphatic carbocycles. The largest absolute Gasteiger partial charge is 0.493 e. The number of aliphatic hydroxyl groups is 1. The molecule has 0 saturated carbocycles. The smallest absolute Gasteiger partial charge is 0.245 e. The maximum atomic E-state index is 10.8. The predicted octanol–water partition coefficient (Wildman–Crippen LogP) is 1.53. The van der Waals surface area contributed by atoms with Gasteiger partial charge in [-0.2, -0.15) is 0 Å². The van der Waals surface area contributed by atoms with Crippen molar-refractivity contribution >= 4 is 12.6 Å². The first-order chi connectivity index (χ1) is 9.15. The van der Waals surface area contributed by atoms with Crippen LogP contribution in [0.5, 0.6) is 11.5 Å². The highest BCUT2D eigenvalue weighted by atomic mass is 16.5. The van der Waals surface area contributed by atoms with E-state index in [1.807, 2.05) is 6.92 Å². The summed E-state index contributed by atoms with van der Waals surface area (Å²) in [4.78, 5) is 21.5. The fourth-order valence-electron chi connectivity index (χ4n) is 1.62. The number of hydrogen-bond donors (Lipinski definition) is 1. The first-order valence-electron chi connectivity index (χ1n) is 6.01. The van der Waals surface area contributed by atoms with Crippen molar-refractivity contribution in [3.05, 3.63) is 23.8 Å². The average molecular weight is 265 g/mol. The van der Waals surface area contributed by atoms with Crippen LogP contribution in [-0.4, -0.2) is 37.0 Å². The van der Waals surface area contributed by atoms with Crippen molar-refractivity contribution in [2.24, 2.45) is 0 Å². The van der Waals surface area contributed by atoms with Crippen molar-refractivity contribution in [1.29, 1.82) is 0 Å². The van der Waals surface area contributed by atoms with E-state index in [0.29, 0.717) is 24.0 Å². The molecule has 2 atom stereocenters. The molecule has 0 spiro atoms. The van der Waals surface area contributed by atoms with Gasteiger partial charge in [0.25, 0.3) is 0 Å². The van der Waals surface area contributed by atoms with Gasteiger partial charge in [-0.3, -0.25) is 9.59 Å². The molecule has 1 rings (SSSR count). The molecule has 1 aromatic rings. The molecule has 5 heteroatoms. The lowest BCUT2D eigenvalue weighted by Crippen LogP contribution is -2.33. The Bertz CT molecular complexity index is 430. The molecule has 2 unspecified atom stereocenters. The Kier molecular flexibility index (Phi) is 6.02. The van der Waals surface area contributed by atoms with Gasteiger partial charge in [0.1, 0.15) is 6.29 Å². The van der Waals surface area contributed by atoms with Crippen molar-refractivity contribution in [3.63, 3.8) is 0 Å². The third kappa shape index (κ3) is 4.06. The van der Waals surface area contributed by atoms with Gasteiger partial charge in [0, 0.05) is 5.56 Å². The number of aliphatic hydroxyl groups excluding tert-OH is 1. The Morgan fingerprint density at radius 2 is 2.16 bits per heavy atom. The zero-order valence-electron chi connectivity index (χ0n) is 11.0. The van der Waals surface area contributed by atoms with E-state index in [-0.39, 0.29) is 5.75 Å². The highest BCUT2D eigenvalue weighted by molar-refractivity contribution is 5.76. The molecule has 1 N–H and O–H groups in total. The molecule has 0 aliphatic rings. The number of carbonyl (C=O) groups is 1. The van der Waals surface area contributed by atoms with E-state index in [1.54, 1.807) is 12.4 Å². The van der Waals surface area contributed by atoms with E-state index in [1.165, 1.54) is 19.2 Å². The van der Waals surface area contributed by atoms with Gasteiger partial charge in [-0.1, -0.05) is 13.3 Å². The molecule has 103 valence electrons. The summed E-state index contributed by atoms with van der Waals surface area (Å²) in [6.45, 7) is 1.89. The standard InChI is InChI=1S/C14H17O5/c1-3-4-11(17)14(9-16)19-12-6-5-10(8-15)7-13(12)18-2/h5-8,11,14,17H,3-4H2,1-2H3. The van der Waals surface area contributed by atoms with Crippen LogP contribution in [0.1, 0.15) is 30.1 Å². The van der Waals surface area contributed by atoms with Crippen LogP contribution in [0.2, 0.25) is 0 Å². The molecule has 5 nitrogen and oxygen atoms in total. The number of benzene rings is 1. The second kappa shape index (κ2) is 7.53. The first kappa shape index (κ1) is 15.2. The van der Waals surface area contributed by atoms with Crippen LogP contribution in [0.4, 0.5) is 0 Å². The van der Waals surface area contributed by atoms with Gasteiger partial charge >= 0.3 is 0 Å². The maximum absolute atomic E-state index is 10.8. The van der Waals surface area contributed by atoms with Crippen molar-refractivity contribution < 1.29 is 24.2 Å². The molecule has 0 bridgehead atoms. The summed E-state index contributed by atoms with van der Waals surface area (Å²) in [5, 5.41) is 9.75. The van der Waals surface area contributed by atoms with Crippen LogP contribution in [0.25, 0.3) is 0 Å². The number of aldehydes is 1. The zero-order chi connectivity index (χ0) is 14.3. The second-order valence-corrected chi connectivity index (χ2v) is 4.04. The maximum Gasteiger partial charge on any atom is 0.245 e. The van der Waals surface area contributed by atoms with Gasteiger partial charge < -0.3 is 14.6 Å². The van der Waals surface area contributed by atoms with Crippen LogP contribution in [-0.2, 0) is 4.79 Å². The van der Waals surface area contributed by atoms with Gasteiger partial charge in [-0.25, -0.2) is 0 Å². The van der Waals surface area contributed by atoms with Crippen LogP contribution >= 0.6 is 0 Å². The Morgan fingerprint density at radius 1 is 1.42 bits per heavy atom. The zero-order valence-corrected chi connectivity index (χ0v) is 11.0. The summed E-state index contributed by atoms with van der Waals surface area (Å²) in [5.74, 6) is 0.616. The summed E-state index contributed by atoms with van der Waals surface area (Å²) >= 11 is 0. The molecule has 0 amide bonds. The lowest BCUT2D eigenvalue weighted by molar-refractivity contribution is 0.0647. The van der Waals surface area contributed by atoms with Gasteiger partial charge in [0.15, 0.2) is 17.6 Å². The van der Waals surface area contributed by atoms with Gasteiger partial charge in [-0.15, -0.1) is 0 Å². The van der Waals surface area contributed by atoms with Crippen LogP contribution in [0.15, 0.2) is 18.2 Å². The molecule has 0 saturated heterocycles. The van der Waals surface area contributed by atoms with Crippen molar-refractivity contribution in [3.8, 4) is 11.5 Å². The molecule has 19 heavy (non-hydrogen) atoms. The van der Waals surface area contributed by atoms with E-state index in [0.717, 1.165) is 6.42 Å². The molecule has 0 fully saturated rings. The van der Waals surface area contributed by atoms with Gasteiger partial charge in [0.05, 0.1) is 13.2 Å². The molecule has 1 radical (unpaired) electrons. The Balaban J connectivity index is 2.90. The molecule has 0 aromatic heterocycles. The molecular weight excluding hydrogens is 248 g/mol. The number of methoxy groups -OCH3 is 1. The van der Waals surface area contributed by atoms with Gasteiger partial charge in [0.2, 0.25) is 6.29 Å². The highest BCUT2D eigenvalue weighted by Gasteiger charge is 2.22. The van der Waals surface area contributed by atoms with E-state index in [4.69, 9.17) is 9.47 Å². The van der Waals surface area contributed by atoms with Crippen molar-refractivity contribution in [2.75, 3.05) is 7.11 Å². The number of carbonyl (C=O) groups excluding carboxylic acids is 2. The third-order valence-corrected chi connectivity index (χ3v) is 2.63. The van der Waals surface area contributed by atoms with E-state index in [2.05, 4.69) is 0 Å².